The van der Waals surface area contributed by atoms with Crippen molar-refractivity contribution in [1.29, 1.82) is 0 Å². The van der Waals surface area contributed by atoms with Crippen molar-refractivity contribution in [1.82, 2.24) is 0 Å². The minimum atomic E-state index is -1.23. The van der Waals surface area contributed by atoms with Crippen LogP contribution in [0.2, 0.25) is 5.02 Å². The molecule has 1 aromatic heterocycles. The second kappa shape index (κ2) is 9.29. The fraction of sp³-hybridized carbons (Fsp3) is 0.0400. The molecule has 0 unspecified atom stereocenters. The first-order valence-corrected chi connectivity index (χ1v) is 10.3. The molecule has 0 fully saturated rings. The maximum absolute atomic E-state index is 13.5. The van der Waals surface area contributed by atoms with Crippen molar-refractivity contribution in [3.63, 3.8) is 0 Å². The minimum absolute atomic E-state index is 0.0477. The normalized spacial score (nSPS) is 11.7. The number of hydrogen-bond acceptors (Lipinski definition) is 5. The smallest absolute Gasteiger partial charge is 0.336 e. The molecule has 0 spiro atoms. The molecule has 7 nitrogen and oxygen atoms in total. The van der Waals surface area contributed by atoms with Crippen LogP contribution in [0.25, 0.3) is 22.1 Å². The van der Waals surface area contributed by atoms with Gasteiger partial charge in [0.25, 0.3) is 0 Å². The molecule has 0 aliphatic rings. The van der Waals surface area contributed by atoms with Gasteiger partial charge in [0.2, 0.25) is 5.91 Å². The molecule has 3 aromatic carbocycles. The number of amides is 1. The Morgan fingerprint density at radius 2 is 1.74 bits per heavy atom. The third-order valence-corrected chi connectivity index (χ3v) is 5.48. The maximum Gasteiger partial charge on any atom is 0.336 e. The van der Waals surface area contributed by atoms with Crippen LogP contribution < -0.4 is 10.9 Å². The average molecular weight is 480 g/mol. The fourth-order valence-corrected chi connectivity index (χ4v) is 3.78. The van der Waals surface area contributed by atoms with E-state index in [0.717, 1.165) is 6.07 Å². The maximum atomic E-state index is 13.5. The van der Waals surface area contributed by atoms with Crippen molar-refractivity contribution in [2.75, 3.05) is 5.32 Å². The van der Waals surface area contributed by atoms with Gasteiger partial charge in [-0.25, -0.2) is 14.0 Å². The zero-order chi connectivity index (χ0) is 24.4. The molecule has 0 aliphatic carbocycles. The molecule has 2 N–H and O–H groups in total. The Morgan fingerprint density at radius 1 is 1.00 bits per heavy atom. The van der Waals surface area contributed by atoms with Gasteiger partial charge in [-0.2, -0.15) is 0 Å². The molecule has 0 bridgehead atoms. The summed E-state index contributed by atoms with van der Waals surface area (Å²) in [6.07, 6.45) is 0.445. The second-order valence-corrected chi connectivity index (χ2v) is 7.75. The number of rotatable bonds is 6. The highest BCUT2D eigenvalue weighted by molar-refractivity contribution is 6.33. The summed E-state index contributed by atoms with van der Waals surface area (Å²) in [5.41, 5.74) is 0.884. The standard InChI is InChI=1S/C25H15ClFNO6/c26-21-10-15(27)4-8-17(21)19-11-23(30)34-22-9-14(3-7-18(19)22)20(12-29)24(31)28-16-5-1-13(2-6-16)25(32)33/h1-12,20H,(H,28,31)(H,32,33)/t20-/m0/s1. The van der Waals surface area contributed by atoms with Crippen molar-refractivity contribution < 1.29 is 28.3 Å². The summed E-state index contributed by atoms with van der Waals surface area (Å²) in [6, 6.07) is 15.0. The zero-order valence-electron chi connectivity index (χ0n) is 17.2. The van der Waals surface area contributed by atoms with Gasteiger partial charge in [0.1, 0.15) is 23.6 Å². The number of carboxylic acids is 1. The molecule has 0 radical (unpaired) electrons. The molecule has 0 saturated carbocycles. The van der Waals surface area contributed by atoms with E-state index in [1.807, 2.05) is 0 Å². The van der Waals surface area contributed by atoms with Gasteiger partial charge >= 0.3 is 11.6 Å². The number of halogens is 2. The van der Waals surface area contributed by atoms with E-state index in [2.05, 4.69) is 5.32 Å². The molecule has 170 valence electrons. The Hall–Kier alpha value is -4.30. The Morgan fingerprint density at radius 3 is 2.38 bits per heavy atom. The molecule has 1 heterocycles. The SMILES string of the molecule is O=C[C@H](C(=O)Nc1ccc(C(=O)O)cc1)c1ccc2c(-c3ccc(F)cc3Cl)cc(=O)oc2c1. The van der Waals surface area contributed by atoms with Gasteiger partial charge in [0.05, 0.1) is 10.6 Å². The monoisotopic (exact) mass is 479 g/mol. The van der Waals surface area contributed by atoms with Gasteiger partial charge in [-0.1, -0.05) is 23.7 Å². The Kier molecular flexibility index (Phi) is 6.25. The lowest BCUT2D eigenvalue weighted by Crippen LogP contribution is -2.22. The van der Waals surface area contributed by atoms with Gasteiger partial charge in [-0.15, -0.1) is 0 Å². The summed E-state index contributed by atoms with van der Waals surface area (Å²) in [5, 5.41) is 12.1. The van der Waals surface area contributed by atoms with Crippen LogP contribution in [0.1, 0.15) is 21.8 Å². The van der Waals surface area contributed by atoms with Crippen LogP contribution in [0.3, 0.4) is 0 Å². The summed E-state index contributed by atoms with van der Waals surface area (Å²) in [7, 11) is 0. The van der Waals surface area contributed by atoms with Crippen molar-refractivity contribution >= 4 is 46.4 Å². The fourth-order valence-electron chi connectivity index (χ4n) is 3.51. The van der Waals surface area contributed by atoms with Crippen LogP contribution in [0.5, 0.6) is 0 Å². The van der Waals surface area contributed by atoms with Gasteiger partial charge in [0.15, 0.2) is 0 Å². The van der Waals surface area contributed by atoms with Crippen LogP contribution in [-0.2, 0) is 9.59 Å². The summed E-state index contributed by atoms with van der Waals surface area (Å²) in [5.74, 6) is -3.52. The van der Waals surface area contributed by atoms with Crippen LogP contribution >= 0.6 is 11.6 Å². The summed E-state index contributed by atoms with van der Waals surface area (Å²) < 4.78 is 18.7. The highest BCUT2D eigenvalue weighted by Gasteiger charge is 2.22. The van der Waals surface area contributed by atoms with Crippen molar-refractivity contribution in [2.24, 2.45) is 0 Å². The first-order chi connectivity index (χ1) is 16.3. The van der Waals surface area contributed by atoms with Crippen molar-refractivity contribution in [3.8, 4) is 11.1 Å². The van der Waals surface area contributed by atoms with Crippen LogP contribution in [-0.4, -0.2) is 23.3 Å². The van der Waals surface area contributed by atoms with E-state index >= 15 is 0 Å². The Balaban J connectivity index is 1.69. The Labute approximate surface area is 196 Å². The highest BCUT2D eigenvalue weighted by atomic mass is 35.5. The van der Waals surface area contributed by atoms with Gasteiger partial charge in [-0.3, -0.25) is 4.79 Å². The van der Waals surface area contributed by atoms with Crippen LogP contribution in [0.15, 0.2) is 75.9 Å². The predicted octanol–water partition coefficient (Wildman–Crippen LogP) is 4.87. The first kappa shape index (κ1) is 22.9. The van der Waals surface area contributed by atoms with Gasteiger partial charge < -0.3 is 19.6 Å². The van der Waals surface area contributed by atoms with Gasteiger partial charge in [0, 0.05) is 28.3 Å². The number of aldehydes is 1. The third kappa shape index (κ3) is 4.57. The molecule has 4 rings (SSSR count). The molecule has 0 aliphatic heterocycles. The van der Waals surface area contributed by atoms with Crippen LogP contribution in [0, 0.1) is 5.82 Å². The molecule has 0 saturated heterocycles. The number of hydrogen-bond donors (Lipinski definition) is 2. The lowest BCUT2D eigenvalue weighted by atomic mass is 9.95. The van der Waals surface area contributed by atoms with E-state index in [9.17, 15) is 23.6 Å². The lowest BCUT2D eigenvalue weighted by Gasteiger charge is -2.13. The molecule has 1 amide bonds. The summed E-state index contributed by atoms with van der Waals surface area (Å²) >= 11 is 6.16. The predicted molar refractivity (Wildman–Crippen MR) is 124 cm³/mol. The number of carboxylic acid groups (broad SMARTS) is 1. The lowest BCUT2D eigenvalue weighted by molar-refractivity contribution is -0.122. The number of nitrogens with one attached hydrogen (secondary N) is 1. The zero-order valence-corrected chi connectivity index (χ0v) is 18.0. The quantitative estimate of drug-likeness (QED) is 0.232. The Bertz CT molecular complexity index is 1500. The van der Waals surface area contributed by atoms with E-state index < -0.39 is 29.2 Å². The van der Waals surface area contributed by atoms with E-state index in [-0.39, 0.29) is 21.7 Å². The van der Waals surface area contributed by atoms with Crippen molar-refractivity contribution in [3.05, 3.63) is 99.1 Å². The number of fused-ring (bicyclic) bond motifs is 1. The molecule has 34 heavy (non-hydrogen) atoms. The second-order valence-electron chi connectivity index (χ2n) is 7.34. The van der Waals surface area contributed by atoms with Gasteiger partial charge in [-0.05, 0) is 54.1 Å². The number of carbonyl (C=O) groups is 3. The first-order valence-electron chi connectivity index (χ1n) is 9.89. The topological polar surface area (TPSA) is 114 Å². The number of aromatic carboxylic acids is 1. The number of benzene rings is 3. The van der Waals surface area contributed by atoms with E-state index in [4.69, 9.17) is 21.1 Å². The molecular weight excluding hydrogens is 465 g/mol. The summed E-state index contributed by atoms with van der Waals surface area (Å²) in [6.45, 7) is 0. The number of anilines is 1. The van der Waals surface area contributed by atoms with E-state index in [0.29, 0.717) is 28.5 Å². The molecule has 4 aromatic rings. The molecular formula is C25H15ClFNO6. The molecule has 1 atom stereocenters. The largest absolute Gasteiger partial charge is 0.478 e. The van der Waals surface area contributed by atoms with E-state index in [1.165, 1.54) is 54.6 Å². The molecule has 9 heteroatoms. The van der Waals surface area contributed by atoms with E-state index in [1.54, 1.807) is 6.07 Å². The number of carbonyl (C=O) groups excluding carboxylic acids is 2. The van der Waals surface area contributed by atoms with Crippen LogP contribution in [0.4, 0.5) is 10.1 Å². The van der Waals surface area contributed by atoms with Crippen molar-refractivity contribution in [2.45, 2.75) is 5.92 Å². The minimum Gasteiger partial charge on any atom is -0.478 e. The summed E-state index contributed by atoms with van der Waals surface area (Å²) in [4.78, 5) is 47.6. The third-order valence-electron chi connectivity index (χ3n) is 5.17. The average Bonchev–Trinajstić information content (AvgIpc) is 2.79. The highest BCUT2D eigenvalue weighted by Crippen LogP contribution is 2.34.